The Morgan fingerprint density at radius 3 is 2.64 bits per heavy atom. The standard InChI is InChI=1S/C8H7NO5/c10-7-3-1-2-5(8(11)12)6(7)4-9(13)14/h1-3,10H,4H2,(H,11,12). The van der Waals surface area contributed by atoms with Gasteiger partial charge in [0.2, 0.25) is 6.54 Å². The van der Waals surface area contributed by atoms with E-state index in [-0.39, 0.29) is 16.9 Å². The number of nitro groups is 1. The topological polar surface area (TPSA) is 101 Å². The molecule has 0 unspecified atom stereocenters. The van der Waals surface area contributed by atoms with Gasteiger partial charge in [0.15, 0.2) is 0 Å². The Kier molecular flexibility index (Phi) is 2.66. The van der Waals surface area contributed by atoms with E-state index in [0.29, 0.717) is 0 Å². The minimum atomic E-state index is -1.29. The van der Waals surface area contributed by atoms with Crippen molar-refractivity contribution in [3.63, 3.8) is 0 Å². The summed E-state index contributed by atoms with van der Waals surface area (Å²) in [4.78, 5) is 20.1. The smallest absolute Gasteiger partial charge is 0.336 e. The molecule has 14 heavy (non-hydrogen) atoms. The van der Waals surface area contributed by atoms with Crippen LogP contribution in [0.5, 0.6) is 5.75 Å². The number of phenols is 1. The van der Waals surface area contributed by atoms with Gasteiger partial charge in [0.05, 0.1) is 11.1 Å². The summed E-state index contributed by atoms with van der Waals surface area (Å²) < 4.78 is 0. The van der Waals surface area contributed by atoms with E-state index in [4.69, 9.17) is 5.11 Å². The highest BCUT2D eigenvalue weighted by Crippen LogP contribution is 2.21. The van der Waals surface area contributed by atoms with Crippen molar-refractivity contribution in [2.24, 2.45) is 0 Å². The summed E-state index contributed by atoms with van der Waals surface area (Å²) in [7, 11) is 0. The zero-order valence-corrected chi connectivity index (χ0v) is 7.01. The molecule has 74 valence electrons. The molecule has 0 heterocycles. The number of carboxylic acid groups (broad SMARTS) is 1. The van der Waals surface area contributed by atoms with Gasteiger partial charge in [-0.3, -0.25) is 10.1 Å². The monoisotopic (exact) mass is 197 g/mol. The van der Waals surface area contributed by atoms with Crippen molar-refractivity contribution < 1.29 is 19.9 Å². The molecule has 0 saturated carbocycles. The second-order valence-corrected chi connectivity index (χ2v) is 2.60. The van der Waals surface area contributed by atoms with E-state index >= 15 is 0 Å². The highest BCUT2D eigenvalue weighted by molar-refractivity contribution is 5.90. The molecule has 2 N–H and O–H groups in total. The number of hydrogen-bond donors (Lipinski definition) is 2. The summed E-state index contributed by atoms with van der Waals surface area (Å²) >= 11 is 0. The lowest BCUT2D eigenvalue weighted by Crippen LogP contribution is -2.07. The molecule has 6 nitrogen and oxygen atoms in total. The van der Waals surface area contributed by atoms with E-state index in [1.807, 2.05) is 0 Å². The van der Waals surface area contributed by atoms with Crippen LogP contribution < -0.4 is 0 Å². The van der Waals surface area contributed by atoms with Crippen LogP contribution >= 0.6 is 0 Å². The normalized spacial score (nSPS) is 9.71. The number of carbonyl (C=O) groups is 1. The molecule has 0 atom stereocenters. The number of aromatic carboxylic acids is 1. The maximum absolute atomic E-state index is 10.6. The highest BCUT2D eigenvalue weighted by Gasteiger charge is 2.17. The summed E-state index contributed by atoms with van der Waals surface area (Å²) in [6.45, 7) is -0.700. The van der Waals surface area contributed by atoms with Crippen LogP contribution in [0, 0.1) is 10.1 Å². The van der Waals surface area contributed by atoms with Gasteiger partial charge in [0.25, 0.3) is 0 Å². The Labute approximate surface area is 78.6 Å². The predicted molar refractivity (Wildman–Crippen MR) is 45.8 cm³/mol. The van der Waals surface area contributed by atoms with Gasteiger partial charge in [-0.2, -0.15) is 0 Å². The summed E-state index contributed by atoms with van der Waals surface area (Å²) in [6.07, 6.45) is 0. The molecule has 0 bridgehead atoms. The van der Waals surface area contributed by atoms with Crippen molar-refractivity contribution in [3.05, 3.63) is 39.4 Å². The Balaban J connectivity index is 3.22. The molecule has 0 aromatic heterocycles. The van der Waals surface area contributed by atoms with Crippen LogP contribution in [-0.4, -0.2) is 21.1 Å². The minimum Gasteiger partial charge on any atom is -0.507 e. The van der Waals surface area contributed by atoms with Gasteiger partial charge < -0.3 is 10.2 Å². The Hall–Kier alpha value is -2.11. The Morgan fingerprint density at radius 1 is 1.50 bits per heavy atom. The van der Waals surface area contributed by atoms with Crippen LogP contribution in [0.3, 0.4) is 0 Å². The molecule has 0 spiro atoms. The van der Waals surface area contributed by atoms with Crippen LogP contribution in [0.4, 0.5) is 0 Å². The van der Waals surface area contributed by atoms with Gasteiger partial charge >= 0.3 is 5.97 Å². The van der Waals surface area contributed by atoms with Crippen LogP contribution in [0.2, 0.25) is 0 Å². The van der Waals surface area contributed by atoms with Gasteiger partial charge in [-0.1, -0.05) is 6.07 Å². The average Bonchev–Trinajstić information content (AvgIpc) is 2.07. The third kappa shape index (κ3) is 1.98. The van der Waals surface area contributed by atoms with Gasteiger partial charge in [0, 0.05) is 4.92 Å². The number of carboxylic acids is 1. The molecule has 0 amide bonds. The third-order valence-corrected chi connectivity index (χ3v) is 1.67. The van der Waals surface area contributed by atoms with E-state index < -0.39 is 17.4 Å². The number of rotatable bonds is 3. The van der Waals surface area contributed by atoms with E-state index in [0.717, 1.165) is 0 Å². The first-order chi connectivity index (χ1) is 6.52. The van der Waals surface area contributed by atoms with Crippen LogP contribution in [0.15, 0.2) is 18.2 Å². The van der Waals surface area contributed by atoms with E-state index in [2.05, 4.69) is 0 Å². The second kappa shape index (κ2) is 3.73. The second-order valence-electron chi connectivity index (χ2n) is 2.60. The molecule has 0 fully saturated rings. The lowest BCUT2D eigenvalue weighted by molar-refractivity contribution is -0.497. The lowest BCUT2D eigenvalue weighted by atomic mass is 10.1. The van der Waals surface area contributed by atoms with E-state index in [1.54, 1.807) is 0 Å². The molecule has 0 saturated heterocycles. The Bertz CT molecular complexity index is 387. The fourth-order valence-corrected chi connectivity index (χ4v) is 1.07. The van der Waals surface area contributed by atoms with Crippen molar-refractivity contribution in [2.45, 2.75) is 6.54 Å². The molecule has 1 aromatic rings. The first-order valence-corrected chi connectivity index (χ1v) is 3.68. The van der Waals surface area contributed by atoms with Crippen molar-refractivity contribution in [1.82, 2.24) is 0 Å². The summed E-state index contributed by atoms with van der Waals surface area (Å²) in [5.41, 5.74) is -0.424. The molecule has 1 aromatic carbocycles. The van der Waals surface area contributed by atoms with Gasteiger partial charge in [-0.05, 0) is 12.1 Å². The van der Waals surface area contributed by atoms with Crippen LogP contribution in [0.1, 0.15) is 15.9 Å². The third-order valence-electron chi connectivity index (χ3n) is 1.67. The molecule has 0 radical (unpaired) electrons. The molecular weight excluding hydrogens is 190 g/mol. The highest BCUT2D eigenvalue weighted by atomic mass is 16.6. The summed E-state index contributed by atoms with van der Waals surface area (Å²) in [6, 6.07) is 3.74. The SMILES string of the molecule is O=C(O)c1cccc(O)c1C[N+](=O)[O-]. The molecule has 0 aliphatic carbocycles. The Morgan fingerprint density at radius 2 is 2.14 bits per heavy atom. The first-order valence-electron chi connectivity index (χ1n) is 3.68. The minimum absolute atomic E-state index is 0.176. The van der Waals surface area contributed by atoms with E-state index in [1.165, 1.54) is 18.2 Å². The van der Waals surface area contributed by atoms with Gasteiger partial charge in [-0.25, -0.2) is 4.79 Å². The fourth-order valence-electron chi connectivity index (χ4n) is 1.07. The van der Waals surface area contributed by atoms with Crippen molar-refractivity contribution in [2.75, 3.05) is 0 Å². The molecular formula is C8H7NO5. The lowest BCUT2D eigenvalue weighted by Gasteiger charge is -2.03. The van der Waals surface area contributed by atoms with Gasteiger partial charge in [-0.15, -0.1) is 0 Å². The maximum atomic E-state index is 10.6. The zero-order chi connectivity index (χ0) is 10.7. The molecule has 1 rings (SSSR count). The maximum Gasteiger partial charge on any atom is 0.336 e. The average molecular weight is 197 g/mol. The van der Waals surface area contributed by atoms with E-state index in [9.17, 15) is 20.0 Å². The van der Waals surface area contributed by atoms with Crippen molar-refractivity contribution >= 4 is 5.97 Å². The number of phenolic OH excluding ortho intramolecular Hbond substituents is 1. The van der Waals surface area contributed by atoms with Crippen molar-refractivity contribution in [1.29, 1.82) is 0 Å². The first kappa shape index (κ1) is 9.97. The fraction of sp³-hybridized carbons (Fsp3) is 0.125. The largest absolute Gasteiger partial charge is 0.507 e. The van der Waals surface area contributed by atoms with Crippen molar-refractivity contribution in [3.8, 4) is 5.75 Å². The summed E-state index contributed by atoms with van der Waals surface area (Å²) in [5, 5.41) is 28.1. The number of hydrogen-bond acceptors (Lipinski definition) is 4. The van der Waals surface area contributed by atoms with Crippen LogP contribution in [0.25, 0.3) is 0 Å². The molecule has 6 heteroatoms. The molecule has 0 aliphatic rings. The van der Waals surface area contributed by atoms with Crippen LogP contribution in [-0.2, 0) is 6.54 Å². The van der Waals surface area contributed by atoms with Gasteiger partial charge in [0.1, 0.15) is 5.75 Å². The number of aromatic hydroxyl groups is 1. The summed E-state index contributed by atoms with van der Waals surface area (Å²) in [5.74, 6) is -1.67. The predicted octanol–water partition coefficient (Wildman–Crippen LogP) is 0.867. The molecule has 0 aliphatic heterocycles. The zero-order valence-electron chi connectivity index (χ0n) is 7.01. The number of nitrogens with zero attached hydrogens (tertiary/aromatic N) is 1. The number of benzene rings is 1. The quantitative estimate of drug-likeness (QED) is 0.553.